The lowest BCUT2D eigenvalue weighted by atomic mass is 10.3. The van der Waals surface area contributed by atoms with Gasteiger partial charge in [-0.3, -0.25) is 4.72 Å². The number of aromatic nitrogens is 1. The molecule has 124 valence electrons. The monoisotopic (exact) mass is 348 g/mol. The molecule has 1 heterocycles. The average Bonchev–Trinajstić information content (AvgIpc) is 2.91. The highest BCUT2D eigenvalue weighted by molar-refractivity contribution is 7.92. The van der Waals surface area contributed by atoms with E-state index in [4.69, 9.17) is 0 Å². The fourth-order valence-electron chi connectivity index (χ4n) is 2.38. The fraction of sp³-hybridized carbons (Fsp3) is 0.0588. The molecule has 0 atom stereocenters. The molecule has 0 saturated carbocycles. The number of rotatable bonds is 4. The first-order valence-corrected chi connectivity index (χ1v) is 8.58. The highest BCUT2D eigenvalue weighted by atomic mass is 32.2. The number of aryl methyl sites for hydroxylation is 1. The van der Waals surface area contributed by atoms with Gasteiger partial charge in [-0.25, -0.2) is 17.2 Å². The van der Waals surface area contributed by atoms with Gasteiger partial charge in [-0.15, -0.1) is 0 Å². The highest BCUT2D eigenvalue weighted by Crippen LogP contribution is 2.24. The summed E-state index contributed by atoms with van der Waals surface area (Å²) in [5, 5.41) is 0. The lowest BCUT2D eigenvalue weighted by Crippen LogP contribution is -2.15. The Morgan fingerprint density at radius 3 is 2.29 bits per heavy atom. The predicted octanol–water partition coefficient (Wildman–Crippen LogP) is 3.86. The first kappa shape index (κ1) is 16.2. The third-order valence-electron chi connectivity index (χ3n) is 3.53. The van der Waals surface area contributed by atoms with Crippen molar-refractivity contribution in [2.24, 2.45) is 0 Å². The van der Waals surface area contributed by atoms with Gasteiger partial charge < -0.3 is 4.57 Å². The summed E-state index contributed by atoms with van der Waals surface area (Å²) in [5.41, 5.74) is 0.994. The van der Waals surface area contributed by atoms with Gasteiger partial charge in [0.1, 0.15) is 5.82 Å². The van der Waals surface area contributed by atoms with E-state index >= 15 is 0 Å². The minimum atomic E-state index is -3.79. The molecule has 2 aromatic carbocycles. The summed E-state index contributed by atoms with van der Waals surface area (Å²) < 4.78 is 55.5. The zero-order valence-electron chi connectivity index (χ0n) is 12.7. The van der Waals surface area contributed by atoms with E-state index in [0.29, 0.717) is 11.4 Å². The van der Waals surface area contributed by atoms with Gasteiger partial charge in [0.05, 0.1) is 10.6 Å². The SMILES string of the molecule is Cc1ccc(NS(=O)(=O)c2ccccc2)n1-c1ccc(F)c(F)c1. The number of nitrogens with zero attached hydrogens (tertiary/aromatic N) is 1. The molecule has 1 N–H and O–H groups in total. The molecular formula is C17H14F2N2O2S. The minimum absolute atomic E-state index is 0.112. The maximum Gasteiger partial charge on any atom is 0.263 e. The van der Waals surface area contributed by atoms with Crippen LogP contribution >= 0.6 is 0 Å². The molecule has 0 aliphatic rings. The van der Waals surface area contributed by atoms with E-state index in [1.165, 1.54) is 22.8 Å². The van der Waals surface area contributed by atoms with Crippen molar-refractivity contribution in [3.8, 4) is 5.69 Å². The van der Waals surface area contributed by atoms with Crippen molar-refractivity contribution in [1.29, 1.82) is 0 Å². The zero-order valence-corrected chi connectivity index (χ0v) is 13.5. The van der Waals surface area contributed by atoms with E-state index in [-0.39, 0.29) is 10.7 Å². The molecule has 0 aliphatic carbocycles. The molecule has 0 unspecified atom stereocenters. The molecule has 0 bridgehead atoms. The Morgan fingerprint density at radius 1 is 0.917 bits per heavy atom. The van der Waals surface area contributed by atoms with Gasteiger partial charge in [-0.1, -0.05) is 18.2 Å². The van der Waals surface area contributed by atoms with E-state index in [1.54, 1.807) is 37.3 Å². The van der Waals surface area contributed by atoms with Crippen molar-refractivity contribution in [2.75, 3.05) is 4.72 Å². The second kappa shape index (κ2) is 6.09. The van der Waals surface area contributed by atoms with Gasteiger partial charge in [-0.05, 0) is 43.3 Å². The molecule has 0 saturated heterocycles. The molecule has 7 heteroatoms. The summed E-state index contributed by atoms with van der Waals surface area (Å²) in [4.78, 5) is 0.112. The molecule has 3 rings (SSSR count). The first-order chi connectivity index (χ1) is 11.4. The van der Waals surface area contributed by atoms with Crippen molar-refractivity contribution in [2.45, 2.75) is 11.8 Å². The Labute approximate surface area is 138 Å². The maximum absolute atomic E-state index is 13.5. The molecule has 4 nitrogen and oxygen atoms in total. The minimum Gasteiger partial charge on any atom is -0.300 e. The summed E-state index contributed by atoms with van der Waals surface area (Å²) in [6, 6.07) is 14.5. The number of nitrogens with one attached hydrogen (secondary N) is 1. The van der Waals surface area contributed by atoms with E-state index in [1.807, 2.05) is 0 Å². The lowest BCUT2D eigenvalue weighted by molar-refractivity contribution is 0.508. The highest BCUT2D eigenvalue weighted by Gasteiger charge is 2.17. The smallest absolute Gasteiger partial charge is 0.263 e. The van der Waals surface area contributed by atoms with Crippen LogP contribution in [0.25, 0.3) is 5.69 Å². The largest absolute Gasteiger partial charge is 0.300 e. The molecule has 0 aliphatic heterocycles. The Kier molecular flexibility index (Phi) is 4.11. The summed E-state index contributed by atoms with van der Waals surface area (Å²) in [6.07, 6.45) is 0. The Morgan fingerprint density at radius 2 is 1.62 bits per heavy atom. The number of hydrogen-bond acceptors (Lipinski definition) is 2. The van der Waals surface area contributed by atoms with Crippen molar-refractivity contribution >= 4 is 15.8 Å². The molecule has 0 spiro atoms. The third-order valence-corrected chi connectivity index (χ3v) is 4.90. The molecule has 24 heavy (non-hydrogen) atoms. The zero-order chi connectivity index (χ0) is 17.3. The van der Waals surface area contributed by atoms with E-state index in [0.717, 1.165) is 12.1 Å². The second-order valence-corrected chi connectivity index (χ2v) is 6.89. The van der Waals surface area contributed by atoms with Crippen LogP contribution in [0.4, 0.5) is 14.6 Å². The Bertz CT molecular complexity index is 983. The summed E-state index contributed by atoms with van der Waals surface area (Å²) in [6.45, 7) is 1.74. The molecular weight excluding hydrogens is 334 g/mol. The van der Waals surface area contributed by atoms with Crippen molar-refractivity contribution in [1.82, 2.24) is 4.57 Å². The van der Waals surface area contributed by atoms with Crippen LogP contribution in [0.3, 0.4) is 0 Å². The Hall–Kier alpha value is -2.67. The van der Waals surface area contributed by atoms with Crippen LogP contribution in [0.2, 0.25) is 0 Å². The van der Waals surface area contributed by atoms with Crippen LogP contribution in [0.5, 0.6) is 0 Å². The van der Waals surface area contributed by atoms with Gasteiger partial charge in [0.15, 0.2) is 11.6 Å². The number of sulfonamides is 1. The van der Waals surface area contributed by atoms with E-state index < -0.39 is 21.7 Å². The van der Waals surface area contributed by atoms with Crippen molar-refractivity contribution in [3.63, 3.8) is 0 Å². The lowest BCUT2D eigenvalue weighted by Gasteiger charge is -2.14. The number of benzene rings is 2. The normalized spacial score (nSPS) is 11.5. The number of anilines is 1. The Balaban J connectivity index is 2.03. The fourth-order valence-corrected chi connectivity index (χ4v) is 3.45. The van der Waals surface area contributed by atoms with Crippen LogP contribution in [0.15, 0.2) is 65.6 Å². The topological polar surface area (TPSA) is 51.1 Å². The van der Waals surface area contributed by atoms with Gasteiger partial charge >= 0.3 is 0 Å². The van der Waals surface area contributed by atoms with Gasteiger partial charge in [0.2, 0.25) is 0 Å². The van der Waals surface area contributed by atoms with Gasteiger partial charge in [0.25, 0.3) is 10.0 Å². The predicted molar refractivity (Wildman–Crippen MR) is 87.7 cm³/mol. The van der Waals surface area contributed by atoms with Crippen LogP contribution in [-0.2, 0) is 10.0 Å². The van der Waals surface area contributed by atoms with Crippen LogP contribution < -0.4 is 4.72 Å². The summed E-state index contributed by atoms with van der Waals surface area (Å²) in [7, 11) is -3.79. The van der Waals surface area contributed by atoms with Crippen molar-refractivity contribution < 1.29 is 17.2 Å². The van der Waals surface area contributed by atoms with Crippen LogP contribution in [0, 0.1) is 18.6 Å². The molecule has 3 aromatic rings. The van der Waals surface area contributed by atoms with E-state index in [9.17, 15) is 17.2 Å². The van der Waals surface area contributed by atoms with Gasteiger partial charge in [-0.2, -0.15) is 0 Å². The average molecular weight is 348 g/mol. The van der Waals surface area contributed by atoms with Gasteiger partial charge in [0, 0.05) is 11.8 Å². The van der Waals surface area contributed by atoms with E-state index in [2.05, 4.69) is 4.72 Å². The van der Waals surface area contributed by atoms with Crippen LogP contribution in [0.1, 0.15) is 5.69 Å². The quantitative estimate of drug-likeness (QED) is 0.778. The van der Waals surface area contributed by atoms with Crippen LogP contribution in [-0.4, -0.2) is 13.0 Å². The standard InChI is InChI=1S/C17H14F2N2O2S/c1-12-7-10-17(20-24(22,23)14-5-3-2-4-6-14)21(12)13-8-9-15(18)16(19)11-13/h2-11,20H,1H3. The second-order valence-electron chi connectivity index (χ2n) is 5.21. The summed E-state index contributed by atoms with van der Waals surface area (Å²) in [5.74, 6) is -1.73. The molecule has 1 aromatic heterocycles. The first-order valence-electron chi connectivity index (χ1n) is 7.10. The maximum atomic E-state index is 13.5. The summed E-state index contributed by atoms with van der Waals surface area (Å²) >= 11 is 0. The molecule has 0 amide bonds. The molecule has 0 fully saturated rings. The molecule has 0 radical (unpaired) electrons. The van der Waals surface area contributed by atoms with Crippen molar-refractivity contribution in [3.05, 3.63) is 78.0 Å². The number of hydrogen-bond donors (Lipinski definition) is 1. The third kappa shape index (κ3) is 3.03. The number of halogens is 2.